The molecule has 0 unspecified atom stereocenters. The van der Waals surface area contributed by atoms with Gasteiger partial charge in [0.05, 0.1) is 13.3 Å². The van der Waals surface area contributed by atoms with Crippen LogP contribution in [0.3, 0.4) is 0 Å². The summed E-state index contributed by atoms with van der Waals surface area (Å²) in [7, 11) is 1.22. The molecule has 0 saturated carbocycles. The molecular weight excluding hydrogens is 170 g/mol. The van der Waals surface area contributed by atoms with Crippen molar-refractivity contribution in [2.75, 3.05) is 7.11 Å². The van der Waals surface area contributed by atoms with E-state index in [1.54, 1.807) is 0 Å². The Hall–Kier alpha value is -1.84. The Bertz CT molecular complexity index is 295. The van der Waals surface area contributed by atoms with Crippen LogP contribution in [-0.4, -0.2) is 19.5 Å². The van der Waals surface area contributed by atoms with Gasteiger partial charge in [0.25, 0.3) is 0 Å². The number of nitrogens with zero attached hydrogens (tertiary/aromatic N) is 1. The van der Waals surface area contributed by atoms with E-state index in [-0.39, 0.29) is 0 Å². The highest BCUT2D eigenvalue weighted by Gasteiger charge is 1.95. The van der Waals surface area contributed by atoms with Crippen LogP contribution in [0.5, 0.6) is 0 Å². The number of benzene rings is 1. The fourth-order valence-corrected chi connectivity index (χ4v) is 0.707. The Labute approximate surface area is 75.8 Å². The van der Waals surface area contributed by atoms with E-state index in [0.29, 0.717) is 0 Å². The maximum atomic E-state index is 10.4. The molecule has 0 amide bonds. The second-order valence-electron chi connectivity index (χ2n) is 2.19. The summed E-state index contributed by atoms with van der Waals surface area (Å²) in [6.45, 7) is 0. The normalized spacial score (nSPS) is 9.92. The van der Waals surface area contributed by atoms with Crippen molar-refractivity contribution < 1.29 is 14.4 Å². The van der Waals surface area contributed by atoms with Crippen molar-refractivity contribution in [1.29, 1.82) is 0 Å². The Morgan fingerprint density at radius 2 is 2.08 bits per heavy atom. The lowest BCUT2D eigenvalue weighted by atomic mass is 10.2. The lowest BCUT2D eigenvalue weighted by molar-refractivity contribution is 0.0759. The van der Waals surface area contributed by atoms with Crippen LogP contribution in [0, 0.1) is 0 Å². The molecule has 1 aromatic rings. The zero-order valence-electron chi connectivity index (χ0n) is 7.14. The number of methoxy groups -OCH3 is 1. The molecule has 0 fully saturated rings. The highest BCUT2D eigenvalue weighted by molar-refractivity contribution is 5.79. The fourth-order valence-electron chi connectivity index (χ4n) is 0.707. The van der Waals surface area contributed by atoms with Crippen LogP contribution in [0.15, 0.2) is 35.5 Å². The number of rotatable bonds is 2. The van der Waals surface area contributed by atoms with Crippen LogP contribution in [0.1, 0.15) is 5.56 Å². The summed E-state index contributed by atoms with van der Waals surface area (Å²) in [6, 6.07) is 9.28. The van der Waals surface area contributed by atoms with E-state index in [2.05, 4.69) is 14.7 Å². The lowest BCUT2D eigenvalue weighted by Crippen LogP contribution is -1.98. The Morgan fingerprint density at radius 1 is 1.38 bits per heavy atom. The molecule has 0 bridgehead atoms. The minimum atomic E-state index is -0.827. The summed E-state index contributed by atoms with van der Waals surface area (Å²) in [4.78, 5) is 14.7. The molecule has 0 aromatic heterocycles. The highest BCUT2D eigenvalue weighted by atomic mass is 16.8. The van der Waals surface area contributed by atoms with E-state index in [1.807, 2.05) is 30.3 Å². The first kappa shape index (κ1) is 9.25. The first-order valence-electron chi connectivity index (χ1n) is 3.66. The van der Waals surface area contributed by atoms with Crippen LogP contribution < -0.4 is 0 Å². The second-order valence-corrected chi connectivity index (χ2v) is 2.19. The Kier molecular flexibility index (Phi) is 3.50. The van der Waals surface area contributed by atoms with Gasteiger partial charge in [-0.15, -0.1) is 0 Å². The molecule has 1 aromatic carbocycles. The summed E-state index contributed by atoms with van der Waals surface area (Å²) >= 11 is 0. The second kappa shape index (κ2) is 4.92. The van der Waals surface area contributed by atoms with Gasteiger partial charge < -0.3 is 4.74 Å². The Balaban J connectivity index is 2.45. The van der Waals surface area contributed by atoms with E-state index >= 15 is 0 Å². The molecule has 1 rings (SSSR count). The van der Waals surface area contributed by atoms with Crippen molar-refractivity contribution in [2.45, 2.75) is 0 Å². The van der Waals surface area contributed by atoms with Gasteiger partial charge in [0.15, 0.2) is 0 Å². The Morgan fingerprint density at radius 3 is 2.69 bits per heavy atom. The molecular formula is C9H9NO3. The number of hydrogen-bond acceptors (Lipinski definition) is 4. The minimum absolute atomic E-state index is 0.827. The van der Waals surface area contributed by atoms with Crippen LogP contribution in [0.4, 0.5) is 4.79 Å². The van der Waals surface area contributed by atoms with Gasteiger partial charge in [0.2, 0.25) is 0 Å². The highest BCUT2D eigenvalue weighted by Crippen LogP contribution is 1.94. The molecule has 4 nitrogen and oxygen atoms in total. The molecule has 0 heterocycles. The number of carbonyl (C=O) groups is 1. The van der Waals surface area contributed by atoms with Crippen LogP contribution in [-0.2, 0) is 9.57 Å². The van der Waals surface area contributed by atoms with Gasteiger partial charge in [-0.2, -0.15) is 0 Å². The third-order valence-electron chi connectivity index (χ3n) is 1.30. The van der Waals surface area contributed by atoms with Crippen molar-refractivity contribution >= 4 is 12.4 Å². The molecule has 0 aliphatic heterocycles. The molecule has 0 saturated heterocycles. The summed E-state index contributed by atoms with van der Waals surface area (Å²) in [6.07, 6.45) is 0.601. The average Bonchev–Trinajstić information content (AvgIpc) is 2.19. The maximum absolute atomic E-state index is 10.4. The van der Waals surface area contributed by atoms with E-state index < -0.39 is 6.16 Å². The number of oxime groups is 1. The molecule has 68 valence electrons. The smallest absolute Gasteiger partial charge is 0.436 e. The quantitative estimate of drug-likeness (QED) is 0.301. The monoisotopic (exact) mass is 179 g/mol. The molecule has 0 N–H and O–H groups in total. The van der Waals surface area contributed by atoms with Crippen LogP contribution >= 0.6 is 0 Å². The van der Waals surface area contributed by atoms with Gasteiger partial charge in [-0.05, 0) is 5.56 Å². The van der Waals surface area contributed by atoms with Crippen LogP contribution in [0.25, 0.3) is 0 Å². The van der Waals surface area contributed by atoms with Crippen molar-refractivity contribution in [3.8, 4) is 0 Å². The third kappa shape index (κ3) is 3.37. The van der Waals surface area contributed by atoms with Gasteiger partial charge in [0.1, 0.15) is 0 Å². The molecule has 13 heavy (non-hydrogen) atoms. The van der Waals surface area contributed by atoms with E-state index in [9.17, 15) is 4.79 Å². The summed E-state index contributed by atoms with van der Waals surface area (Å²) < 4.78 is 4.21. The van der Waals surface area contributed by atoms with Gasteiger partial charge in [-0.25, -0.2) is 4.79 Å². The topological polar surface area (TPSA) is 47.9 Å². The van der Waals surface area contributed by atoms with Gasteiger partial charge in [-0.3, -0.25) is 4.84 Å². The van der Waals surface area contributed by atoms with Crippen molar-refractivity contribution in [2.24, 2.45) is 5.16 Å². The van der Waals surface area contributed by atoms with E-state index in [0.717, 1.165) is 5.56 Å². The maximum Gasteiger partial charge on any atom is 0.534 e. The third-order valence-corrected chi connectivity index (χ3v) is 1.30. The predicted octanol–water partition coefficient (Wildman–Crippen LogP) is 1.80. The minimum Gasteiger partial charge on any atom is -0.436 e. The van der Waals surface area contributed by atoms with Gasteiger partial charge in [0, 0.05) is 0 Å². The van der Waals surface area contributed by atoms with E-state index in [1.165, 1.54) is 13.3 Å². The lowest BCUT2D eigenvalue weighted by Gasteiger charge is -1.92. The van der Waals surface area contributed by atoms with Crippen molar-refractivity contribution in [3.63, 3.8) is 0 Å². The number of carbonyl (C=O) groups excluding carboxylic acids is 1. The standard InChI is InChI=1S/C9H9NO3/c1-12-9(11)13-10-7-8-5-3-2-4-6-8/h2-7H,1H3/b10-7+. The largest absolute Gasteiger partial charge is 0.534 e. The van der Waals surface area contributed by atoms with Crippen LogP contribution in [0.2, 0.25) is 0 Å². The molecule has 0 radical (unpaired) electrons. The zero-order chi connectivity index (χ0) is 9.52. The summed E-state index contributed by atoms with van der Waals surface area (Å²) in [5, 5.41) is 3.41. The molecule has 0 spiro atoms. The first-order chi connectivity index (χ1) is 6.33. The summed E-state index contributed by atoms with van der Waals surface area (Å²) in [5.41, 5.74) is 0.853. The SMILES string of the molecule is COC(=O)O/N=C/c1ccccc1. The first-order valence-corrected chi connectivity index (χ1v) is 3.66. The number of hydrogen-bond donors (Lipinski definition) is 0. The molecule has 0 aliphatic rings. The fraction of sp³-hybridized carbons (Fsp3) is 0.111. The predicted molar refractivity (Wildman–Crippen MR) is 47.5 cm³/mol. The molecule has 0 atom stereocenters. The van der Waals surface area contributed by atoms with Crippen molar-refractivity contribution in [1.82, 2.24) is 0 Å². The molecule has 4 heteroatoms. The zero-order valence-corrected chi connectivity index (χ0v) is 7.14. The number of ether oxygens (including phenoxy) is 1. The molecule has 0 aliphatic carbocycles. The summed E-state index contributed by atoms with van der Waals surface area (Å²) in [5.74, 6) is 0. The van der Waals surface area contributed by atoms with Gasteiger partial charge >= 0.3 is 6.16 Å². The van der Waals surface area contributed by atoms with Crippen molar-refractivity contribution in [3.05, 3.63) is 35.9 Å². The average molecular weight is 179 g/mol. The van der Waals surface area contributed by atoms with E-state index in [4.69, 9.17) is 0 Å². The van der Waals surface area contributed by atoms with Gasteiger partial charge in [-0.1, -0.05) is 35.5 Å².